The van der Waals surface area contributed by atoms with Crippen LogP contribution >= 0.6 is 0 Å². The van der Waals surface area contributed by atoms with Crippen molar-refractivity contribution >= 4 is 0 Å². The predicted molar refractivity (Wildman–Crippen MR) is 89.3 cm³/mol. The maximum atomic E-state index is 3.45. The highest BCUT2D eigenvalue weighted by molar-refractivity contribution is 5.25. The van der Waals surface area contributed by atoms with E-state index < -0.39 is 0 Å². The Kier molecular flexibility index (Phi) is 8.56. The van der Waals surface area contributed by atoms with Crippen molar-refractivity contribution < 1.29 is 0 Å². The smallest absolute Gasteiger partial charge is 0.0446 e. The molecular weight excluding hydrogens is 244 g/mol. The molecule has 0 saturated heterocycles. The first kappa shape index (κ1) is 17.2. The molecular formula is C18H32N2. The second-order valence-electron chi connectivity index (χ2n) is 5.80. The van der Waals surface area contributed by atoms with Crippen molar-refractivity contribution in [1.82, 2.24) is 10.2 Å². The van der Waals surface area contributed by atoms with Crippen molar-refractivity contribution in [2.75, 3.05) is 27.2 Å². The van der Waals surface area contributed by atoms with Gasteiger partial charge in [0.2, 0.25) is 0 Å². The van der Waals surface area contributed by atoms with E-state index in [9.17, 15) is 0 Å². The standard InChI is InChI=1S/C18H32N2/c1-5-7-8-14-20(4)15-18(19-3)17-12-10-16(9-6-2)11-13-17/h10-13,18-19H,5-9,14-15H2,1-4H3. The summed E-state index contributed by atoms with van der Waals surface area (Å²) in [5.41, 5.74) is 2.84. The number of nitrogens with one attached hydrogen (secondary N) is 1. The van der Waals surface area contributed by atoms with Crippen LogP contribution in [0.25, 0.3) is 0 Å². The monoisotopic (exact) mass is 276 g/mol. The number of hydrogen-bond acceptors (Lipinski definition) is 2. The van der Waals surface area contributed by atoms with Gasteiger partial charge in [-0.2, -0.15) is 0 Å². The first-order valence-corrected chi connectivity index (χ1v) is 8.15. The summed E-state index contributed by atoms with van der Waals surface area (Å²) >= 11 is 0. The van der Waals surface area contributed by atoms with Gasteiger partial charge < -0.3 is 10.2 Å². The van der Waals surface area contributed by atoms with Gasteiger partial charge in [0.1, 0.15) is 0 Å². The molecule has 0 saturated carbocycles. The Morgan fingerprint density at radius 3 is 2.30 bits per heavy atom. The molecule has 114 valence electrons. The maximum Gasteiger partial charge on any atom is 0.0446 e. The van der Waals surface area contributed by atoms with Crippen molar-refractivity contribution in [2.45, 2.75) is 52.0 Å². The number of nitrogens with zero attached hydrogens (tertiary/aromatic N) is 1. The quantitative estimate of drug-likeness (QED) is 0.649. The van der Waals surface area contributed by atoms with Gasteiger partial charge in [-0.05, 0) is 44.6 Å². The highest BCUT2D eigenvalue weighted by Crippen LogP contribution is 2.16. The largest absolute Gasteiger partial charge is 0.312 e. The lowest BCUT2D eigenvalue weighted by atomic mass is 10.0. The lowest BCUT2D eigenvalue weighted by Gasteiger charge is -2.24. The summed E-state index contributed by atoms with van der Waals surface area (Å²) in [5.74, 6) is 0. The third-order valence-corrected chi connectivity index (χ3v) is 3.91. The summed E-state index contributed by atoms with van der Waals surface area (Å²) in [6.07, 6.45) is 6.33. The zero-order valence-corrected chi connectivity index (χ0v) is 13.8. The van der Waals surface area contributed by atoms with E-state index >= 15 is 0 Å². The summed E-state index contributed by atoms with van der Waals surface area (Å²) < 4.78 is 0. The molecule has 0 amide bonds. The van der Waals surface area contributed by atoms with E-state index in [1.807, 2.05) is 0 Å². The molecule has 20 heavy (non-hydrogen) atoms. The van der Waals surface area contributed by atoms with Gasteiger partial charge in [0.15, 0.2) is 0 Å². The van der Waals surface area contributed by atoms with Crippen LogP contribution in [0.1, 0.15) is 56.7 Å². The molecule has 0 spiro atoms. The van der Waals surface area contributed by atoms with E-state index in [2.05, 4.69) is 62.4 Å². The fourth-order valence-corrected chi connectivity index (χ4v) is 2.60. The minimum absolute atomic E-state index is 0.428. The van der Waals surface area contributed by atoms with Crippen LogP contribution in [0, 0.1) is 0 Å². The summed E-state index contributed by atoms with van der Waals surface area (Å²) in [7, 11) is 4.29. The third-order valence-electron chi connectivity index (χ3n) is 3.91. The molecule has 1 aromatic carbocycles. The molecule has 1 N–H and O–H groups in total. The molecule has 0 heterocycles. The number of likely N-dealkylation sites (N-methyl/N-ethyl adjacent to an activating group) is 2. The van der Waals surface area contributed by atoms with Gasteiger partial charge in [-0.25, -0.2) is 0 Å². The van der Waals surface area contributed by atoms with Crippen molar-refractivity contribution in [3.8, 4) is 0 Å². The summed E-state index contributed by atoms with van der Waals surface area (Å²) in [5, 5.41) is 3.45. The zero-order chi connectivity index (χ0) is 14.8. The van der Waals surface area contributed by atoms with Crippen LogP contribution in [0.3, 0.4) is 0 Å². The normalized spacial score (nSPS) is 12.8. The van der Waals surface area contributed by atoms with Gasteiger partial charge in [-0.15, -0.1) is 0 Å². The zero-order valence-electron chi connectivity index (χ0n) is 13.8. The van der Waals surface area contributed by atoms with Gasteiger partial charge in [0.25, 0.3) is 0 Å². The fourth-order valence-electron chi connectivity index (χ4n) is 2.60. The molecule has 0 aromatic heterocycles. The second kappa shape index (κ2) is 9.95. The highest BCUT2D eigenvalue weighted by Gasteiger charge is 2.11. The summed E-state index contributed by atoms with van der Waals surface area (Å²) in [4.78, 5) is 2.44. The van der Waals surface area contributed by atoms with Crippen molar-refractivity contribution in [1.29, 1.82) is 0 Å². The molecule has 1 unspecified atom stereocenters. The molecule has 1 rings (SSSR count). The third kappa shape index (κ3) is 6.06. The van der Waals surface area contributed by atoms with Gasteiger partial charge in [0, 0.05) is 12.6 Å². The minimum Gasteiger partial charge on any atom is -0.312 e. The van der Waals surface area contributed by atoms with E-state index in [-0.39, 0.29) is 0 Å². The van der Waals surface area contributed by atoms with Crippen LogP contribution < -0.4 is 5.32 Å². The first-order valence-electron chi connectivity index (χ1n) is 8.15. The minimum atomic E-state index is 0.428. The molecule has 0 fully saturated rings. The average molecular weight is 276 g/mol. The Morgan fingerprint density at radius 2 is 1.75 bits per heavy atom. The first-order chi connectivity index (χ1) is 9.71. The Balaban J connectivity index is 2.52. The van der Waals surface area contributed by atoms with Crippen LogP contribution in [0.4, 0.5) is 0 Å². The number of benzene rings is 1. The lowest BCUT2D eigenvalue weighted by Crippen LogP contribution is -2.31. The van der Waals surface area contributed by atoms with Crippen LogP contribution in [-0.2, 0) is 6.42 Å². The molecule has 0 aliphatic heterocycles. The Hall–Kier alpha value is -0.860. The van der Waals surface area contributed by atoms with Crippen LogP contribution in [-0.4, -0.2) is 32.1 Å². The van der Waals surface area contributed by atoms with Gasteiger partial charge in [-0.3, -0.25) is 0 Å². The molecule has 2 nitrogen and oxygen atoms in total. The number of rotatable bonds is 10. The number of hydrogen-bond donors (Lipinski definition) is 1. The van der Waals surface area contributed by atoms with E-state index in [1.54, 1.807) is 0 Å². The molecule has 1 atom stereocenters. The molecule has 0 bridgehead atoms. The van der Waals surface area contributed by atoms with Crippen LogP contribution in [0.2, 0.25) is 0 Å². The predicted octanol–water partition coefficient (Wildman–Crippen LogP) is 4.02. The van der Waals surface area contributed by atoms with Gasteiger partial charge in [-0.1, -0.05) is 57.4 Å². The summed E-state index contributed by atoms with van der Waals surface area (Å²) in [6, 6.07) is 9.55. The van der Waals surface area contributed by atoms with Gasteiger partial charge in [0.05, 0.1) is 0 Å². The molecule has 0 aliphatic rings. The molecule has 2 heteroatoms. The number of unbranched alkanes of at least 4 members (excludes halogenated alkanes) is 2. The van der Waals surface area contributed by atoms with E-state index in [0.29, 0.717) is 6.04 Å². The molecule has 0 aliphatic carbocycles. The lowest BCUT2D eigenvalue weighted by molar-refractivity contribution is 0.290. The Morgan fingerprint density at radius 1 is 1.05 bits per heavy atom. The Bertz CT molecular complexity index is 345. The van der Waals surface area contributed by atoms with Gasteiger partial charge >= 0.3 is 0 Å². The fraction of sp³-hybridized carbons (Fsp3) is 0.667. The van der Waals surface area contributed by atoms with Crippen LogP contribution in [0.15, 0.2) is 24.3 Å². The average Bonchev–Trinajstić information content (AvgIpc) is 2.46. The molecule has 1 aromatic rings. The van der Waals surface area contributed by atoms with E-state index in [0.717, 1.165) is 6.54 Å². The van der Waals surface area contributed by atoms with Crippen molar-refractivity contribution in [3.63, 3.8) is 0 Å². The van der Waals surface area contributed by atoms with Crippen molar-refractivity contribution in [3.05, 3.63) is 35.4 Å². The molecule has 0 radical (unpaired) electrons. The second-order valence-corrected chi connectivity index (χ2v) is 5.80. The van der Waals surface area contributed by atoms with Crippen LogP contribution in [0.5, 0.6) is 0 Å². The van der Waals surface area contributed by atoms with E-state index in [1.165, 1.54) is 49.8 Å². The van der Waals surface area contributed by atoms with E-state index in [4.69, 9.17) is 0 Å². The SMILES string of the molecule is CCCCCN(C)CC(NC)c1ccc(CCC)cc1. The van der Waals surface area contributed by atoms with Crippen molar-refractivity contribution in [2.24, 2.45) is 0 Å². The topological polar surface area (TPSA) is 15.3 Å². The summed E-state index contributed by atoms with van der Waals surface area (Å²) in [6.45, 7) is 6.76. The maximum absolute atomic E-state index is 3.45. The number of aryl methyl sites for hydroxylation is 1. The Labute approximate surface area is 125 Å². The highest BCUT2D eigenvalue weighted by atomic mass is 15.1.